The highest BCUT2D eigenvalue weighted by Crippen LogP contribution is 2.26. The van der Waals surface area contributed by atoms with E-state index in [4.69, 9.17) is 0 Å². The number of nitrogens with one attached hydrogen (secondary N) is 1. The van der Waals surface area contributed by atoms with Crippen LogP contribution in [0.4, 0.5) is 4.39 Å². The Hall–Kier alpha value is -1.68. The molecule has 0 aliphatic rings. The lowest BCUT2D eigenvalue weighted by Crippen LogP contribution is -2.31. The van der Waals surface area contributed by atoms with Gasteiger partial charge in [0, 0.05) is 10.4 Å². The lowest BCUT2D eigenvalue weighted by atomic mass is 10.0. The van der Waals surface area contributed by atoms with Crippen LogP contribution in [0.15, 0.2) is 35.7 Å². The lowest BCUT2D eigenvalue weighted by molar-refractivity contribution is 0.0926. The summed E-state index contributed by atoms with van der Waals surface area (Å²) in [6.45, 7) is 5.80. The van der Waals surface area contributed by atoms with Gasteiger partial charge in [-0.05, 0) is 48.1 Å². The summed E-state index contributed by atoms with van der Waals surface area (Å²) in [4.78, 5) is 13.4. The maximum Gasteiger partial charge on any atom is 0.251 e. The number of amides is 1. The monoisotopic (exact) mass is 291 g/mol. The van der Waals surface area contributed by atoms with Crippen LogP contribution in [0.3, 0.4) is 0 Å². The summed E-state index contributed by atoms with van der Waals surface area (Å²) in [6.07, 6.45) is 0. The van der Waals surface area contributed by atoms with Crippen molar-refractivity contribution < 1.29 is 9.18 Å². The van der Waals surface area contributed by atoms with Crippen LogP contribution >= 0.6 is 11.3 Å². The molecule has 0 saturated carbocycles. The van der Waals surface area contributed by atoms with Crippen molar-refractivity contribution in [2.75, 3.05) is 0 Å². The molecule has 0 radical (unpaired) electrons. The largest absolute Gasteiger partial charge is 0.344 e. The first-order valence-corrected chi connectivity index (χ1v) is 7.47. The fourth-order valence-electron chi connectivity index (χ4n) is 2.05. The first-order valence-electron chi connectivity index (χ1n) is 6.59. The molecule has 1 heterocycles. The number of hydrogen-bond donors (Lipinski definition) is 1. The summed E-state index contributed by atoms with van der Waals surface area (Å²) in [7, 11) is 0. The van der Waals surface area contributed by atoms with E-state index >= 15 is 0 Å². The van der Waals surface area contributed by atoms with Gasteiger partial charge in [-0.15, -0.1) is 11.3 Å². The molecular weight excluding hydrogens is 273 g/mol. The molecule has 1 N–H and O–H groups in total. The number of carbonyl (C=O) groups excluding carboxylic acids is 1. The fraction of sp³-hybridized carbons (Fsp3) is 0.312. The van der Waals surface area contributed by atoms with Crippen LogP contribution in [0.25, 0.3) is 0 Å². The van der Waals surface area contributed by atoms with Gasteiger partial charge in [-0.3, -0.25) is 4.79 Å². The minimum absolute atomic E-state index is 0.0205. The summed E-state index contributed by atoms with van der Waals surface area (Å²) < 4.78 is 13.2. The number of rotatable bonds is 4. The summed E-state index contributed by atoms with van der Waals surface area (Å²) in [5, 5.41) is 5.03. The molecular formula is C16H18FNOS. The van der Waals surface area contributed by atoms with Crippen LogP contribution in [0.5, 0.6) is 0 Å². The Morgan fingerprint density at radius 1 is 1.30 bits per heavy atom. The average molecular weight is 291 g/mol. The van der Waals surface area contributed by atoms with Gasteiger partial charge in [0.1, 0.15) is 5.82 Å². The number of thiophene rings is 1. The zero-order valence-electron chi connectivity index (χ0n) is 11.8. The van der Waals surface area contributed by atoms with E-state index in [-0.39, 0.29) is 17.8 Å². The van der Waals surface area contributed by atoms with E-state index in [1.54, 1.807) is 24.3 Å². The van der Waals surface area contributed by atoms with Gasteiger partial charge in [0.2, 0.25) is 0 Å². The molecule has 106 valence electrons. The minimum atomic E-state index is -0.291. The second-order valence-electron chi connectivity index (χ2n) is 5.17. The van der Waals surface area contributed by atoms with Crippen molar-refractivity contribution >= 4 is 17.2 Å². The molecule has 0 saturated heterocycles. The van der Waals surface area contributed by atoms with Crippen LogP contribution in [0, 0.1) is 18.7 Å². The summed E-state index contributed by atoms with van der Waals surface area (Å²) >= 11 is 1.63. The highest BCUT2D eigenvalue weighted by Gasteiger charge is 2.20. The Morgan fingerprint density at radius 3 is 2.60 bits per heavy atom. The maximum absolute atomic E-state index is 13.2. The van der Waals surface area contributed by atoms with Gasteiger partial charge in [-0.25, -0.2) is 4.39 Å². The third kappa shape index (κ3) is 3.25. The van der Waals surface area contributed by atoms with Crippen molar-refractivity contribution in [3.05, 3.63) is 57.5 Å². The molecule has 1 unspecified atom stereocenters. The van der Waals surface area contributed by atoms with E-state index in [0.717, 1.165) is 4.88 Å². The predicted molar refractivity (Wildman–Crippen MR) is 80.5 cm³/mol. The highest BCUT2D eigenvalue weighted by molar-refractivity contribution is 7.10. The summed E-state index contributed by atoms with van der Waals surface area (Å²) in [5.41, 5.74) is 0.973. The van der Waals surface area contributed by atoms with Crippen molar-refractivity contribution in [3.8, 4) is 0 Å². The smallest absolute Gasteiger partial charge is 0.251 e. The first kappa shape index (κ1) is 14.7. The van der Waals surface area contributed by atoms with Crippen LogP contribution in [0.1, 0.15) is 40.7 Å². The van der Waals surface area contributed by atoms with Gasteiger partial charge in [0.25, 0.3) is 5.91 Å². The Kier molecular flexibility index (Phi) is 4.55. The predicted octanol–water partition coefficient (Wildman–Crippen LogP) is 4.32. The third-order valence-corrected chi connectivity index (χ3v) is 4.18. The lowest BCUT2D eigenvalue weighted by Gasteiger charge is -2.21. The molecule has 20 heavy (non-hydrogen) atoms. The summed E-state index contributed by atoms with van der Waals surface area (Å²) in [5.74, 6) is -0.167. The Morgan fingerprint density at radius 2 is 2.05 bits per heavy atom. The summed E-state index contributed by atoms with van der Waals surface area (Å²) in [6, 6.07) is 8.40. The Balaban J connectivity index is 2.18. The molecule has 2 nitrogen and oxygen atoms in total. The van der Waals surface area contributed by atoms with Gasteiger partial charge in [-0.1, -0.05) is 19.9 Å². The molecule has 0 fully saturated rings. The van der Waals surface area contributed by atoms with E-state index in [2.05, 4.69) is 19.2 Å². The number of halogens is 1. The second-order valence-corrected chi connectivity index (χ2v) is 6.15. The molecule has 0 aliphatic carbocycles. The Bertz CT molecular complexity index is 593. The van der Waals surface area contributed by atoms with Crippen LogP contribution < -0.4 is 5.32 Å². The number of hydrogen-bond acceptors (Lipinski definition) is 2. The zero-order valence-corrected chi connectivity index (χ0v) is 12.6. The van der Waals surface area contributed by atoms with E-state index in [0.29, 0.717) is 17.0 Å². The van der Waals surface area contributed by atoms with Gasteiger partial charge >= 0.3 is 0 Å². The van der Waals surface area contributed by atoms with Crippen molar-refractivity contribution in [1.29, 1.82) is 0 Å². The van der Waals surface area contributed by atoms with E-state index in [1.165, 1.54) is 12.1 Å². The molecule has 1 aromatic heterocycles. The third-order valence-electron chi connectivity index (χ3n) is 3.22. The fourth-order valence-corrected chi connectivity index (χ4v) is 2.99. The van der Waals surface area contributed by atoms with E-state index in [9.17, 15) is 9.18 Å². The second kappa shape index (κ2) is 6.18. The number of benzene rings is 1. The molecule has 0 bridgehead atoms. The minimum Gasteiger partial charge on any atom is -0.344 e. The van der Waals surface area contributed by atoms with Crippen molar-refractivity contribution in [2.24, 2.45) is 5.92 Å². The molecule has 1 aromatic carbocycles. The molecule has 1 amide bonds. The molecule has 2 aromatic rings. The quantitative estimate of drug-likeness (QED) is 0.893. The normalized spacial score (nSPS) is 12.4. The maximum atomic E-state index is 13.2. The molecule has 4 heteroatoms. The molecule has 0 spiro atoms. The topological polar surface area (TPSA) is 29.1 Å². The highest BCUT2D eigenvalue weighted by atomic mass is 32.1. The average Bonchev–Trinajstić information content (AvgIpc) is 2.92. The van der Waals surface area contributed by atoms with Crippen LogP contribution in [-0.4, -0.2) is 5.91 Å². The van der Waals surface area contributed by atoms with Crippen LogP contribution in [0.2, 0.25) is 0 Å². The number of aryl methyl sites for hydroxylation is 1. The zero-order chi connectivity index (χ0) is 14.7. The number of carbonyl (C=O) groups is 1. The van der Waals surface area contributed by atoms with Crippen molar-refractivity contribution in [1.82, 2.24) is 5.32 Å². The Labute approximate surface area is 122 Å². The van der Waals surface area contributed by atoms with Gasteiger partial charge in [0.05, 0.1) is 6.04 Å². The molecule has 1 atom stereocenters. The van der Waals surface area contributed by atoms with Crippen molar-refractivity contribution in [2.45, 2.75) is 26.8 Å². The SMILES string of the molecule is Cc1cc(C(=O)NC(c2cccs2)C(C)C)ccc1F. The van der Waals surface area contributed by atoms with Gasteiger partial charge in [-0.2, -0.15) is 0 Å². The van der Waals surface area contributed by atoms with Crippen LogP contribution in [-0.2, 0) is 0 Å². The van der Waals surface area contributed by atoms with E-state index in [1.807, 2.05) is 17.5 Å². The van der Waals surface area contributed by atoms with E-state index < -0.39 is 0 Å². The molecule has 0 aliphatic heterocycles. The van der Waals surface area contributed by atoms with Crippen molar-refractivity contribution in [3.63, 3.8) is 0 Å². The van der Waals surface area contributed by atoms with Gasteiger partial charge < -0.3 is 5.32 Å². The standard InChI is InChI=1S/C16H18FNOS/c1-10(2)15(14-5-4-8-20-14)18-16(19)12-6-7-13(17)11(3)9-12/h4-10,15H,1-3H3,(H,18,19). The first-order chi connectivity index (χ1) is 9.49. The molecule has 2 rings (SSSR count). The van der Waals surface area contributed by atoms with Gasteiger partial charge in [0.15, 0.2) is 0 Å².